The summed E-state index contributed by atoms with van der Waals surface area (Å²) >= 11 is 6.11. The van der Waals surface area contributed by atoms with Gasteiger partial charge in [-0.3, -0.25) is 9.69 Å². The van der Waals surface area contributed by atoms with Gasteiger partial charge in [-0.15, -0.1) is 0 Å². The Bertz CT molecular complexity index is 790. The number of ether oxygens (including phenoxy) is 1. The molecule has 4 nitrogen and oxygen atoms in total. The molecule has 0 saturated heterocycles. The van der Waals surface area contributed by atoms with Crippen molar-refractivity contribution < 1.29 is 9.53 Å². The SMILES string of the molecule is COc1ccc(CN2C(=O)[C@@]3(C[C@@H]3C)c3cc(Cl)cnc32)cc1. The molecule has 1 amide bonds. The molecule has 0 N–H and O–H groups in total. The minimum Gasteiger partial charge on any atom is -0.497 e. The Morgan fingerprint density at radius 1 is 1.39 bits per heavy atom. The van der Waals surface area contributed by atoms with Crippen molar-refractivity contribution in [2.75, 3.05) is 12.0 Å². The molecule has 1 fully saturated rings. The van der Waals surface area contributed by atoms with E-state index in [0.29, 0.717) is 17.5 Å². The first-order chi connectivity index (χ1) is 11.1. The van der Waals surface area contributed by atoms with E-state index in [0.717, 1.165) is 29.1 Å². The first-order valence-electron chi connectivity index (χ1n) is 7.67. The monoisotopic (exact) mass is 328 g/mol. The number of anilines is 1. The maximum Gasteiger partial charge on any atom is 0.239 e. The van der Waals surface area contributed by atoms with Crippen LogP contribution in [0.3, 0.4) is 0 Å². The molecule has 23 heavy (non-hydrogen) atoms. The van der Waals surface area contributed by atoms with Gasteiger partial charge in [-0.2, -0.15) is 0 Å². The number of rotatable bonds is 3. The van der Waals surface area contributed by atoms with Crippen LogP contribution in [0.4, 0.5) is 5.82 Å². The second-order valence-corrected chi connectivity index (χ2v) is 6.78. The lowest BCUT2D eigenvalue weighted by molar-refractivity contribution is -0.120. The summed E-state index contributed by atoms with van der Waals surface area (Å²) in [5.74, 6) is 2.04. The Hall–Kier alpha value is -2.07. The van der Waals surface area contributed by atoms with Crippen molar-refractivity contribution in [3.63, 3.8) is 0 Å². The van der Waals surface area contributed by atoms with Gasteiger partial charge in [0.2, 0.25) is 5.91 Å². The van der Waals surface area contributed by atoms with Gasteiger partial charge >= 0.3 is 0 Å². The molecule has 0 unspecified atom stereocenters. The number of aromatic nitrogens is 1. The normalized spacial score (nSPS) is 24.9. The lowest BCUT2D eigenvalue weighted by Crippen LogP contribution is -2.32. The molecule has 118 valence electrons. The van der Waals surface area contributed by atoms with Gasteiger partial charge in [-0.05, 0) is 36.1 Å². The number of benzene rings is 1. The number of nitrogens with zero attached hydrogens (tertiary/aromatic N) is 2. The summed E-state index contributed by atoms with van der Waals surface area (Å²) in [6.45, 7) is 2.62. The van der Waals surface area contributed by atoms with Crippen LogP contribution in [0, 0.1) is 5.92 Å². The molecule has 0 radical (unpaired) electrons. The van der Waals surface area contributed by atoms with Gasteiger partial charge in [0.1, 0.15) is 11.6 Å². The minimum absolute atomic E-state index is 0.144. The summed E-state index contributed by atoms with van der Waals surface area (Å²) in [7, 11) is 1.64. The van der Waals surface area contributed by atoms with E-state index in [4.69, 9.17) is 16.3 Å². The van der Waals surface area contributed by atoms with E-state index in [1.54, 1.807) is 18.2 Å². The zero-order valence-corrected chi connectivity index (χ0v) is 13.8. The van der Waals surface area contributed by atoms with E-state index in [1.807, 2.05) is 30.3 Å². The van der Waals surface area contributed by atoms with E-state index in [2.05, 4.69) is 11.9 Å². The van der Waals surface area contributed by atoms with Crippen LogP contribution < -0.4 is 9.64 Å². The molecule has 2 aliphatic rings. The van der Waals surface area contributed by atoms with E-state index in [1.165, 1.54) is 0 Å². The maximum atomic E-state index is 13.0. The quantitative estimate of drug-likeness (QED) is 0.865. The van der Waals surface area contributed by atoms with E-state index in [-0.39, 0.29) is 5.91 Å². The average Bonchev–Trinajstić information content (AvgIpc) is 3.19. The molecule has 1 aromatic heterocycles. The Balaban J connectivity index is 1.71. The Morgan fingerprint density at radius 3 is 2.70 bits per heavy atom. The highest BCUT2D eigenvalue weighted by molar-refractivity contribution is 6.30. The average molecular weight is 329 g/mol. The lowest BCUT2D eigenvalue weighted by Gasteiger charge is -2.17. The number of amides is 1. The molecule has 1 aliphatic heterocycles. The third kappa shape index (κ3) is 2.05. The zero-order chi connectivity index (χ0) is 16.2. The highest BCUT2D eigenvalue weighted by Gasteiger charge is 2.65. The van der Waals surface area contributed by atoms with Crippen molar-refractivity contribution in [3.8, 4) is 5.75 Å². The summed E-state index contributed by atoms with van der Waals surface area (Å²) in [6, 6.07) is 9.66. The second-order valence-electron chi connectivity index (χ2n) is 6.34. The Morgan fingerprint density at radius 2 is 2.09 bits per heavy atom. The van der Waals surface area contributed by atoms with Crippen molar-refractivity contribution in [3.05, 3.63) is 52.7 Å². The molecule has 1 saturated carbocycles. The van der Waals surface area contributed by atoms with Gasteiger partial charge in [0.05, 0.1) is 24.1 Å². The fraction of sp³-hybridized carbons (Fsp3) is 0.333. The van der Waals surface area contributed by atoms with Crippen LogP contribution in [0.15, 0.2) is 36.5 Å². The minimum atomic E-state index is -0.403. The zero-order valence-electron chi connectivity index (χ0n) is 13.0. The van der Waals surface area contributed by atoms with Gasteiger partial charge < -0.3 is 4.74 Å². The fourth-order valence-electron chi connectivity index (χ4n) is 3.59. The highest BCUT2D eigenvalue weighted by atomic mass is 35.5. The summed E-state index contributed by atoms with van der Waals surface area (Å²) in [4.78, 5) is 19.2. The highest BCUT2D eigenvalue weighted by Crippen LogP contribution is 2.61. The molecule has 4 rings (SSSR count). The molecule has 2 heterocycles. The number of halogens is 1. The van der Waals surface area contributed by atoms with Crippen molar-refractivity contribution in [1.29, 1.82) is 0 Å². The van der Waals surface area contributed by atoms with E-state index < -0.39 is 5.41 Å². The summed E-state index contributed by atoms with van der Waals surface area (Å²) in [5, 5.41) is 0.585. The molecular weight excluding hydrogens is 312 g/mol. The molecule has 2 aromatic rings. The smallest absolute Gasteiger partial charge is 0.239 e. The van der Waals surface area contributed by atoms with Gasteiger partial charge in [0.25, 0.3) is 0 Å². The van der Waals surface area contributed by atoms with Crippen LogP contribution in [0.2, 0.25) is 5.02 Å². The number of carbonyl (C=O) groups is 1. The maximum absolute atomic E-state index is 13.0. The van der Waals surface area contributed by atoms with Crippen LogP contribution in [0.1, 0.15) is 24.5 Å². The fourth-order valence-corrected chi connectivity index (χ4v) is 3.74. The number of carbonyl (C=O) groups excluding carboxylic acids is 1. The van der Waals surface area contributed by atoms with Gasteiger partial charge in [0, 0.05) is 11.8 Å². The summed E-state index contributed by atoms with van der Waals surface area (Å²) in [6.07, 6.45) is 2.49. The third-order valence-electron chi connectivity index (χ3n) is 5.01. The molecule has 5 heteroatoms. The van der Waals surface area contributed by atoms with E-state index >= 15 is 0 Å². The van der Waals surface area contributed by atoms with Crippen molar-refractivity contribution >= 4 is 23.3 Å². The number of fused-ring (bicyclic) bond motifs is 2. The van der Waals surface area contributed by atoms with Gasteiger partial charge in [-0.25, -0.2) is 4.98 Å². The largest absolute Gasteiger partial charge is 0.497 e. The Labute approximate surface area is 140 Å². The first kappa shape index (κ1) is 14.5. The summed E-state index contributed by atoms with van der Waals surface area (Å²) < 4.78 is 5.18. The number of hydrogen-bond donors (Lipinski definition) is 0. The number of pyridine rings is 1. The molecule has 1 spiro atoms. The Kier molecular flexibility index (Phi) is 3.13. The first-order valence-corrected chi connectivity index (χ1v) is 8.05. The summed E-state index contributed by atoms with van der Waals surface area (Å²) in [5.41, 5.74) is 1.63. The van der Waals surface area contributed by atoms with Crippen LogP contribution in [-0.4, -0.2) is 18.0 Å². The van der Waals surface area contributed by atoms with Crippen LogP contribution in [0.5, 0.6) is 5.75 Å². The van der Waals surface area contributed by atoms with E-state index in [9.17, 15) is 4.79 Å². The molecule has 1 aliphatic carbocycles. The number of hydrogen-bond acceptors (Lipinski definition) is 3. The van der Waals surface area contributed by atoms with Crippen molar-refractivity contribution in [2.45, 2.75) is 25.3 Å². The predicted octanol–water partition coefficient (Wildman–Crippen LogP) is 3.57. The molecule has 0 bridgehead atoms. The molecule has 2 atom stereocenters. The molecular formula is C18H17ClN2O2. The van der Waals surface area contributed by atoms with Gasteiger partial charge in [-0.1, -0.05) is 30.7 Å². The van der Waals surface area contributed by atoms with Gasteiger partial charge in [0.15, 0.2) is 0 Å². The van der Waals surface area contributed by atoms with Crippen LogP contribution in [-0.2, 0) is 16.8 Å². The molecule has 1 aromatic carbocycles. The predicted molar refractivity (Wildman–Crippen MR) is 88.9 cm³/mol. The lowest BCUT2D eigenvalue weighted by atomic mass is 9.97. The topological polar surface area (TPSA) is 42.4 Å². The van der Waals surface area contributed by atoms with Crippen molar-refractivity contribution in [2.24, 2.45) is 5.92 Å². The standard InChI is InChI=1S/C18H17ClN2O2/c1-11-8-18(11)15-7-13(19)9-20-16(15)21(17(18)22)10-12-3-5-14(23-2)6-4-12/h3-7,9,11H,8,10H2,1-2H3/t11-,18+/m0/s1. The number of methoxy groups -OCH3 is 1. The van der Waals surface area contributed by atoms with Crippen molar-refractivity contribution in [1.82, 2.24) is 4.98 Å². The van der Waals surface area contributed by atoms with Crippen LogP contribution in [0.25, 0.3) is 0 Å². The second kappa shape index (κ2) is 4.96. The third-order valence-corrected chi connectivity index (χ3v) is 5.21. The van der Waals surface area contributed by atoms with Crippen LogP contribution >= 0.6 is 11.6 Å².